The van der Waals surface area contributed by atoms with Crippen molar-refractivity contribution in [1.29, 1.82) is 0 Å². The van der Waals surface area contributed by atoms with E-state index in [4.69, 9.17) is 10.5 Å². The quantitative estimate of drug-likeness (QED) is 0.617. The van der Waals surface area contributed by atoms with Crippen molar-refractivity contribution in [3.8, 4) is 0 Å². The van der Waals surface area contributed by atoms with Crippen LogP contribution in [0.15, 0.2) is 0 Å². The monoisotopic (exact) mass is 171 g/mol. The van der Waals surface area contributed by atoms with Gasteiger partial charge in [-0.15, -0.1) is 0 Å². The molecule has 1 saturated carbocycles. The lowest BCUT2D eigenvalue weighted by Crippen LogP contribution is -2.30. The molecule has 68 valence electrons. The minimum Gasteiger partial charge on any atom is -0.465 e. The first-order chi connectivity index (χ1) is 5.74. The molecule has 0 aromatic heterocycles. The number of carbonyl (C=O) groups is 2. The Morgan fingerprint density at radius 1 is 1.33 bits per heavy atom. The molecule has 0 aromatic carbocycles. The van der Waals surface area contributed by atoms with E-state index in [1.807, 2.05) is 0 Å². The summed E-state index contributed by atoms with van der Waals surface area (Å²) in [6.45, 7) is 0.468. The van der Waals surface area contributed by atoms with Gasteiger partial charge in [-0.05, 0) is 25.7 Å². The first-order valence-electron chi connectivity index (χ1n) is 4.12. The van der Waals surface area contributed by atoms with Crippen molar-refractivity contribution in [2.45, 2.75) is 31.8 Å². The minimum atomic E-state index is -0.237. The molecule has 1 rings (SSSR count). The van der Waals surface area contributed by atoms with Gasteiger partial charge in [-0.2, -0.15) is 0 Å². The molecule has 0 unspecified atom stereocenters. The fourth-order valence-electron chi connectivity index (χ4n) is 1.56. The van der Waals surface area contributed by atoms with Gasteiger partial charge >= 0.3 is 0 Å². The average Bonchev–Trinajstić information content (AvgIpc) is 2.06. The van der Waals surface area contributed by atoms with Crippen LogP contribution in [0.4, 0.5) is 0 Å². The summed E-state index contributed by atoms with van der Waals surface area (Å²) in [5.74, 6) is -0.254. The number of amides is 1. The van der Waals surface area contributed by atoms with E-state index in [1.165, 1.54) is 0 Å². The summed E-state index contributed by atoms with van der Waals surface area (Å²) in [5, 5.41) is 0. The van der Waals surface area contributed by atoms with Crippen molar-refractivity contribution in [3.63, 3.8) is 0 Å². The Hall–Kier alpha value is -1.06. The molecule has 4 nitrogen and oxygen atoms in total. The lowest BCUT2D eigenvalue weighted by atomic mass is 9.87. The summed E-state index contributed by atoms with van der Waals surface area (Å²) in [6, 6.07) is 0. The topological polar surface area (TPSA) is 69.4 Å². The normalized spacial score (nSPS) is 29.3. The maximum atomic E-state index is 10.7. The van der Waals surface area contributed by atoms with Crippen LogP contribution in [0, 0.1) is 5.92 Å². The third kappa shape index (κ3) is 2.22. The second-order valence-corrected chi connectivity index (χ2v) is 3.11. The fraction of sp³-hybridized carbons (Fsp3) is 0.750. The highest BCUT2D eigenvalue weighted by atomic mass is 16.5. The molecule has 0 aromatic rings. The van der Waals surface area contributed by atoms with Gasteiger partial charge in [0, 0.05) is 5.92 Å². The Kier molecular flexibility index (Phi) is 3.08. The number of rotatable bonds is 3. The van der Waals surface area contributed by atoms with E-state index in [-0.39, 0.29) is 17.9 Å². The van der Waals surface area contributed by atoms with Gasteiger partial charge in [0.15, 0.2) is 0 Å². The number of primary amides is 1. The van der Waals surface area contributed by atoms with Gasteiger partial charge in [-0.1, -0.05) is 0 Å². The highest BCUT2D eigenvalue weighted by Crippen LogP contribution is 2.25. The van der Waals surface area contributed by atoms with Crippen molar-refractivity contribution in [2.75, 3.05) is 0 Å². The van der Waals surface area contributed by atoms with E-state index in [0.29, 0.717) is 6.47 Å². The van der Waals surface area contributed by atoms with Crippen LogP contribution >= 0.6 is 0 Å². The molecule has 2 N–H and O–H groups in total. The van der Waals surface area contributed by atoms with E-state index in [9.17, 15) is 9.59 Å². The van der Waals surface area contributed by atoms with Crippen LogP contribution in [-0.2, 0) is 14.3 Å². The number of hydrogen-bond acceptors (Lipinski definition) is 3. The predicted octanol–water partition coefficient (Wildman–Crippen LogP) is 0.203. The van der Waals surface area contributed by atoms with Gasteiger partial charge in [0.2, 0.25) is 5.91 Å². The summed E-state index contributed by atoms with van der Waals surface area (Å²) in [7, 11) is 0. The van der Waals surface area contributed by atoms with Gasteiger partial charge in [-0.25, -0.2) is 0 Å². The lowest BCUT2D eigenvalue weighted by Gasteiger charge is -2.24. The van der Waals surface area contributed by atoms with E-state index < -0.39 is 0 Å². The summed E-state index contributed by atoms with van der Waals surface area (Å²) in [6.07, 6.45) is 3.00. The van der Waals surface area contributed by atoms with Crippen LogP contribution in [0.25, 0.3) is 0 Å². The van der Waals surface area contributed by atoms with Gasteiger partial charge < -0.3 is 10.5 Å². The SMILES string of the molecule is NC(=O)C1CCC(OC=O)CC1. The summed E-state index contributed by atoms with van der Waals surface area (Å²) < 4.78 is 4.78. The molecule has 0 atom stereocenters. The molecular weight excluding hydrogens is 158 g/mol. The molecule has 0 aliphatic heterocycles. The van der Waals surface area contributed by atoms with Crippen molar-refractivity contribution < 1.29 is 14.3 Å². The van der Waals surface area contributed by atoms with Crippen LogP contribution in [0.5, 0.6) is 0 Å². The van der Waals surface area contributed by atoms with Crippen molar-refractivity contribution in [1.82, 2.24) is 0 Å². The highest BCUT2D eigenvalue weighted by molar-refractivity contribution is 5.76. The molecular formula is C8H13NO3. The maximum absolute atomic E-state index is 10.7. The van der Waals surface area contributed by atoms with E-state index >= 15 is 0 Å². The Morgan fingerprint density at radius 3 is 2.33 bits per heavy atom. The predicted molar refractivity (Wildman–Crippen MR) is 42.1 cm³/mol. The number of nitrogens with two attached hydrogens (primary N) is 1. The van der Waals surface area contributed by atoms with Crippen LogP contribution in [0.3, 0.4) is 0 Å². The molecule has 0 bridgehead atoms. The molecule has 1 amide bonds. The van der Waals surface area contributed by atoms with E-state index in [1.54, 1.807) is 0 Å². The maximum Gasteiger partial charge on any atom is 0.293 e. The molecule has 0 spiro atoms. The van der Waals surface area contributed by atoms with Crippen molar-refractivity contribution in [2.24, 2.45) is 11.7 Å². The fourth-order valence-corrected chi connectivity index (χ4v) is 1.56. The van der Waals surface area contributed by atoms with Gasteiger partial charge in [0.05, 0.1) is 0 Å². The third-order valence-corrected chi connectivity index (χ3v) is 2.32. The molecule has 0 radical (unpaired) electrons. The average molecular weight is 171 g/mol. The molecule has 4 heteroatoms. The van der Waals surface area contributed by atoms with Crippen molar-refractivity contribution >= 4 is 12.4 Å². The van der Waals surface area contributed by atoms with E-state index in [2.05, 4.69) is 0 Å². The third-order valence-electron chi connectivity index (χ3n) is 2.32. The standard InChI is InChI=1S/C8H13NO3/c9-8(11)6-1-3-7(4-2-6)12-5-10/h5-7H,1-4H2,(H2,9,11). The minimum absolute atomic E-state index is 0.00176. The zero-order valence-electron chi connectivity index (χ0n) is 6.86. The summed E-state index contributed by atoms with van der Waals surface area (Å²) in [4.78, 5) is 20.7. The van der Waals surface area contributed by atoms with Crippen LogP contribution in [-0.4, -0.2) is 18.5 Å². The molecule has 0 saturated heterocycles. The molecule has 12 heavy (non-hydrogen) atoms. The van der Waals surface area contributed by atoms with Gasteiger partial charge in [0.1, 0.15) is 6.10 Å². The first kappa shape index (κ1) is 9.03. The Balaban J connectivity index is 2.29. The molecule has 1 fully saturated rings. The van der Waals surface area contributed by atoms with Crippen LogP contribution < -0.4 is 5.73 Å². The summed E-state index contributed by atoms with van der Waals surface area (Å²) in [5.41, 5.74) is 5.14. The van der Waals surface area contributed by atoms with Gasteiger partial charge in [-0.3, -0.25) is 9.59 Å². The lowest BCUT2D eigenvalue weighted by molar-refractivity contribution is -0.136. The number of hydrogen-bond donors (Lipinski definition) is 1. The second kappa shape index (κ2) is 4.09. The smallest absolute Gasteiger partial charge is 0.293 e. The zero-order valence-corrected chi connectivity index (χ0v) is 6.86. The Bertz CT molecular complexity index is 173. The number of ether oxygens (including phenoxy) is 1. The first-order valence-corrected chi connectivity index (χ1v) is 4.12. The summed E-state index contributed by atoms with van der Waals surface area (Å²) >= 11 is 0. The Labute approximate surface area is 71.1 Å². The van der Waals surface area contributed by atoms with E-state index in [0.717, 1.165) is 25.7 Å². The zero-order chi connectivity index (χ0) is 8.97. The van der Waals surface area contributed by atoms with Crippen LogP contribution in [0.1, 0.15) is 25.7 Å². The largest absolute Gasteiger partial charge is 0.465 e. The highest BCUT2D eigenvalue weighted by Gasteiger charge is 2.25. The van der Waals surface area contributed by atoms with Crippen molar-refractivity contribution in [3.05, 3.63) is 0 Å². The molecule has 1 aliphatic carbocycles. The molecule has 0 heterocycles. The number of carbonyl (C=O) groups excluding carboxylic acids is 2. The molecule has 1 aliphatic rings. The van der Waals surface area contributed by atoms with Crippen LogP contribution in [0.2, 0.25) is 0 Å². The Morgan fingerprint density at radius 2 is 1.92 bits per heavy atom. The second-order valence-electron chi connectivity index (χ2n) is 3.11. The van der Waals surface area contributed by atoms with Gasteiger partial charge in [0.25, 0.3) is 6.47 Å².